The third-order valence-electron chi connectivity index (χ3n) is 2.61. The Bertz CT molecular complexity index is 733. The van der Waals surface area contributed by atoms with Crippen molar-refractivity contribution in [2.45, 2.75) is 0 Å². The molecule has 0 saturated heterocycles. The van der Waals surface area contributed by atoms with Crippen molar-refractivity contribution in [3.63, 3.8) is 0 Å². The molecule has 2 aromatic carbocycles. The van der Waals surface area contributed by atoms with Crippen LogP contribution in [0.25, 0.3) is 11.6 Å². The molecule has 0 bridgehead atoms. The van der Waals surface area contributed by atoms with Gasteiger partial charge < -0.3 is 0 Å². The molecule has 2 rings (SSSR count). The average molecular weight is 310 g/mol. The summed E-state index contributed by atoms with van der Waals surface area (Å²) >= 11 is 11.3. The Kier molecular flexibility index (Phi) is 4.39. The summed E-state index contributed by atoms with van der Waals surface area (Å²) < 4.78 is 27.2. The Morgan fingerprint density at radius 1 is 1.10 bits per heavy atom. The van der Waals surface area contributed by atoms with E-state index in [1.54, 1.807) is 24.3 Å². The molecule has 0 aliphatic carbocycles. The highest BCUT2D eigenvalue weighted by Gasteiger charge is 2.15. The normalized spacial score (nSPS) is 11.2. The van der Waals surface area contributed by atoms with E-state index in [-0.39, 0.29) is 16.2 Å². The fraction of sp³-hybridized carbons (Fsp3) is 0. The molecule has 1 nitrogen and oxygen atoms in total. The van der Waals surface area contributed by atoms with Gasteiger partial charge in [0, 0.05) is 10.6 Å². The molecular weight excluding hydrogens is 303 g/mol. The van der Waals surface area contributed by atoms with Crippen LogP contribution in [0.3, 0.4) is 0 Å². The van der Waals surface area contributed by atoms with Gasteiger partial charge in [0.05, 0.1) is 16.7 Å². The van der Waals surface area contributed by atoms with Gasteiger partial charge in [0.2, 0.25) is 0 Å². The van der Waals surface area contributed by atoms with Gasteiger partial charge >= 0.3 is 0 Å². The molecular formula is C15H7Cl2F2N. The molecule has 20 heavy (non-hydrogen) atoms. The molecule has 0 amide bonds. The van der Waals surface area contributed by atoms with E-state index in [0.717, 1.165) is 0 Å². The van der Waals surface area contributed by atoms with Crippen LogP contribution in [-0.4, -0.2) is 0 Å². The SMILES string of the molecule is N#C/C(=C\c1cccc(Cl)c1)c1ccc(Cl)c(F)c1F. The highest BCUT2D eigenvalue weighted by molar-refractivity contribution is 6.31. The summed E-state index contributed by atoms with van der Waals surface area (Å²) in [6.07, 6.45) is 1.43. The Morgan fingerprint density at radius 3 is 2.50 bits per heavy atom. The molecule has 0 radical (unpaired) electrons. The van der Waals surface area contributed by atoms with Crippen LogP contribution in [-0.2, 0) is 0 Å². The first kappa shape index (κ1) is 14.5. The van der Waals surface area contributed by atoms with Gasteiger partial charge in [-0.1, -0.05) is 35.3 Å². The van der Waals surface area contributed by atoms with E-state index in [0.29, 0.717) is 10.6 Å². The summed E-state index contributed by atoms with van der Waals surface area (Å²) in [7, 11) is 0. The smallest absolute Gasteiger partial charge is 0.178 e. The molecule has 0 N–H and O–H groups in total. The summed E-state index contributed by atoms with van der Waals surface area (Å²) in [5.41, 5.74) is 0.457. The van der Waals surface area contributed by atoms with Crippen molar-refractivity contribution in [2.24, 2.45) is 0 Å². The fourth-order valence-electron chi connectivity index (χ4n) is 1.67. The van der Waals surface area contributed by atoms with Crippen LogP contribution in [0.2, 0.25) is 10.0 Å². The lowest BCUT2D eigenvalue weighted by molar-refractivity contribution is 0.507. The van der Waals surface area contributed by atoms with E-state index < -0.39 is 11.6 Å². The second-order valence-corrected chi connectivity index (χ2v) is 4.79. The summed E-state index contributed by atoms with van der Waals surface area (Å²) in [5.74, 6) is -2.32. The quantitative estimate of drug-likeness (QED) is 0.417. The van der Waals surface area contributed by atoms with Gasteiger partial charge in [-0.3, -0.25) is 0 Å². The minimum Gasteiger partial charge on any atom is -0.203 e. The lowest BCUT2D eigenvalue weighted by atomic mass is 10.0. The Morgan fingerprint density at radius 2 is 1.85 bits per heavy atom. The second kappa shape index (κ2) is 6.04. The van der Waals surface area contributed by atoms with Crippen molar-refractivity contribution >= 4 is 34.9 Å². The topological polar surface area (TPSA) is 23.8 Å². The van der Waals surface area contributed by atoms with Crippen molar-refractivity contribution in [3.8, 4) is 6.07 Å². The molecule has 0 fully saturated rings. The van der Waals surface area contributed by atoms with Crippen molar-refractivity contribution in [3.05, 3.63) is 69.2 Å². The largest absolute Gasteiger partial charge is 0.203 e. The van der Waals surface area contributed by atoms with Crippen LogP contribution in [0.1, 0.15) is 11.1 Å². The highest BCUT2D eigenvalue weighted by atomic mass is 35.5. The number of hydrogen-bond acceptors (Lipinski definition) is 1. The molecule has 0 heterocycles. The van der Waals surface area contributed by atoms with E-state index in [1.165, 1.54) is 18.2 Å². The molecule has 0 aromatic heterocycles. The second-order valence-electron chi connectivity index (χ2n) is 3.95. The first-order chi connectivity index (χ1) is 9.52. The van der Waals surface area contributed by atoms with Crippen molar-refractivity contribution in [1.82, 2.24) is 0 Å². The summed E-state index contributed by atoms with van der Waals surface area (Å²) in [5, 5.41) is 9.28. The van der Waals surface area contributed by atoms with Gasteiger partial charge in [0.25, 0.3) is 0 Å². The molecule has 0 saturated carbocycles. The maximum atomic E-state index is 13.8. The van der Waals surface area contributed by atoms with Gasteiger partial charge in [-0.15, -0.1) is 0 Å². The van der Waals surface area contributed by atoms with E-state index in [9.17, 15) is 8.78 Å². The number of benzene rings is 2. The molecule has 0 aliphatic rings. The number of halogens is 4. The van der Waals surface area contributed by atoms with E-state index in [2.05, 4.69) is 0 Å². The highest BCUT2D eigenvalue weighted by Crippen LogP contribution is 2.27. The fourth-order valence-corrected chi connectivity index (χ4v) is 2.01. The first-order valence-corrected chi connectivity index (χ1v) is 6.29. The van der Waals surface area contributed by atoms with Crippen LogP contribution >= 0.6 is 23.2 Å². The summed E-state index contributed by atoms with van der Waals surface area (Å²) in [6.45, 7) is 0. The van der Waals surface area contributed by atoms with Crippen molar-refractivity contribution in [2.75, 3.05) is 0 Å². The number of nitriles is 1. The van der Waals surface area contributed by atoms with Crippen LogP contribution in [0, 0.1) is 23.0 Å². The van der Waals surface area contributed by atoms with E-state index in [1.807, 2.05) is 6.07 Å². The zero-order valence-electron chi connectivity index (χ0n) is 10.0. The Balaban J connectivity index is 2.54. The lowest BCUT2D eigenvalue weighted by Gasteiger charge is -2.04. The maximum Gasteiger partial charge on any atom is 0.178 e. The van der Waals surface area contributed by atoms with Crippen LogP contribution in [0.15, 0.2) is 36.4 Å². The number of nitrogens with zero attached hydrogens (tertiary/aromatic N) is 1. The van der Waals surface area contributed by atoms with Gasteiger partial charge in [0.15, 0.2) is 11.6 Å². The third kappa shape index (κ3) is 2.98. The molecule has 0 unspecified atom stereocenters. The van der Waals surface area contributed by atoms with Crippen molar-refractivity contribution < 1.29 is 8.78 Å². The maximum absolute atomic E-state index is 13.8. The van der Waals surface area contributed by atoms with E-state index in [4.69, 9.17) is 28.5 Å². The van der Waals surface area contributed by atoms with Crippen LogP contribution in [0.5, 0.6) is 0 Å². The zero-order valence-corrected chi connectivity index (χ0v) is 11.5. The first-order valence-electron chi connectivity index (χ1n) is 5.54. The monoisotopic (exact) mass is 309 g/mol. The van der Waals surface area contributed by atoms with Gasteiger partial charge in [0.1, 0.15) is 0 Å². The number of allylic oxidation sites excluding steroid dienone is 1. The number of rotatable bonds is 2. The Hall–Kier alpha value is -1.89. The molecule has 100 valence electrons. The van der Waals surface area contributed by atoms with Crippen molar-refractivity contribution in [1.29, 1.82) is 5.26 Å². The predicted molar refractivity (Wildman–Crippen MR) is 76.3 cm³/mol. The zero-order chi connectivity index (χ0) is 14.7. The predicted octanol–water partition coefficient (Wildman–Crippen LogP) is 5.34. The lowest BCUT2D eigenvalue weighted by Crippen LogP contribution is -1.94. The van der Waals surface area contributed by atoms with Gasteiger partial charge in [-0.25, -0.2) is 8.78 Å². The molecule has 2 aromatic rings. The van der Waals surface area contributed by atoms with Gasteiger partial charge in [-0.05, 0) is 35.9 Å². The third-order valence-corrected chi connectivity index (χ3v) is 3.13. The number of hydrogen-bond donors (Lipinski definition) is 0. The summed E-state index contributed by atoms with van der Waals surface area (Å²) in [4.78, 5) is 0. The van der Waals surface area contributed by atoms with Crippen LogP contribution in [0.4, 0.5) is 8.78 Å². The average Bonchev–Trinajstić information content (AvgIpc) is 2.43. The minimum atomic E-state index is -1.17. The molecule has 5 heteroatoms. The summed E-state index contributed by atoms with van der Waals surface area (Å²) in [6, 6.07) is 11.0. The van der Waals surface area contributed by atoms with E-state index >= 15 is 0 Å². The molecule has 0 spiro atoms. The minimum absolute atomic E-state index is 0.0136. The Labute approximate surface area is 124 Å². The van der Waals surface area contributed by atoms with Gasteiger partial charge in [-0.2, -0.15) is 5.26 Å². The molecule has 0 atom stereocenters. The molecule has 0 aliphatic heterocycles. The standard InChI is InChI=1S/C15H7Cl2F2N/c16-11-3-1-2-9(7-11)6-10(8-20)12-4-5-13(17)15(19)14(12)18/h1-7H/b10-6+. The van der Waals surface area contributed by atoms with Crippen LogP contribution < -0.4 is 0 Å².